The predicted octanol–water partition coefficient (Wildman–Crippen LogP) is 2.54. The minimum atomic E-state index is -0.409. The molecule has 2 fully saturated rings. The molecule has 1 saturated carbocycles. The van der Waals surface area contributed by atoms with E-state index < -0.39 is 11.7 Å². The first kappa shape index (κ1) is 18.9. The van der Waals surface area contributed by atoms with Crippen LogP contribution in [0, 0.1) is 11.8 Å². The fraction of sp³-hybridized carbons (Fsp3) is 0.810. The van der Waals surface area contributed by atoms with Gasteiger partial charge in [-0.1, -0.05) is 26.7 Å². The molecule has 1 atom stereocenters. The summed E-state index contributed by atoms with van der Waals surface area (Å²) in [5.41, 5.74) is -0.409. The number of carbonyl (C=O) groups excluding carboxylic acids is 1. The lowest BCUT2D eigenvalue weighted by atomic mass is 9.87. The SMILES string of the molecule is CCC(CC)CN1CCC2(CC1)O[C@@H](C(=O)NCC1CC1)Cn1ccnc12. The van der Waals surface area contributed by atoms with Crippen molar-refractivity contribution < 1.29 is 9.53 Å². The Labute approximate surface area is 162 Å². The monoisotopic (exact) mass is 374 g/mol. The number of likely N-dealkylation sites (tertiary alicyclic amines) is 1. The van der Waals surface area contributed by atoms with E-state index in [1.54, 1.807) is 0 Å². The summed E-state index contributed by atoms with van der Waals surface area (Å²) < 4.78 is 8.64. The zero-order valence-corrected chi connectivity index (χ0v) is 16.8. The molecule has 1 aliphatic carbocycles. The van der Waals surface area contributed by atoms with Crippen molar-refractivity contribution in [3.63, 3.8) is 0 Å². The highest BCUT2D eigenvalue weighted by Crippen LogP contribution is 2.40. The molecule has 1 N–H and O–H groups in total. The Kier molecular flexibility index (Phi) is 5.55. The van der Waals surface area contributed by atoms with Crippen LogP contribution in [0.1, 0.15) is 58.2 Å². The second-order valence-electron chi connectivity index (χ2n) is 8.68. The molecule has 0 radical (unpaired) electrons. The quantitative estimate of drug-likeness (QED) is 0.797. The number of rotatable bonds is 7. The fourth-order valence-corrected chi connectivity index (χ4v) is 4.56. The first-order chi connectivity index (χ1) is 13.1. The van der Waals surface area contributed by atoms with Gasteiger partial charge >= 0.3 is 0 Å². The number of nitrogens with one attached hydrogen (secondary N) is 1. The lowest BCUT2D eigenvalue weighted by Gasteiger charge is -2.46. The Morgan fingerprint density at radius 3 is 2.74 bits per heavy atom. The summed E-state index contributed by atoms with van der Waals surface area (Å²) in [4.78, 5) is 19.9. The molecule has 4 rings (SSSR count). The lowest BCUT2D eigenvalue weighted by molar-refractivity contribution is -0.173. The number of carbonyl (C=O) groups is 1. The van der Waals surface area contributed by atoms with Crippen molar-refractivity contribution in [1.82, 2.24) is 19.8 Å². The van der Waals surface area contributed by atoms with Crippen molar-refractivity contribution >= 4 is 5.91 Å². The van der Waals surface area contributed by atoms with Gasteiger partial charge in [0, 0.05) is 38.6 Å². The van der Waals surface area contributed by atoms with E-state index in [2.05, 4.69) is 33.6 Å². The second kappa shape index (κ2) is 7.92. The molecule has 0 bridgehead atoms. The highest BCUT2D eigenvalue weighted by Gasteiger charge is 2.47. The molecule has 2 aliphatic heterocycles. The third-order valence-corrected chi connectivity index (χ3v) is 6.74. The van der Waals surface area contributed by atoms with E-state index in [9.17, 15) is 4.79 Å². The van der Waals surface area contributed by atoms with E-state index in [0.29, 0.717) is 12.5 Å². The average molecular weight is 375 g/mol. The molecule has 6 heteroatoms. The summed E-state index contributed by atoms with van der Waals surface area (Å²) in [7, 11) is 0. The largest absolute Gasteiger partial charge is 0.354 e. The fourth-order valence-electron chi connectivity index (χ4n) is 4.56. The number of fused-ring (bicyclic) bond motifs is 2. The number of piperidine rings is 1. The van der Waals surface area contributed by atoms with Crippen LogP contribution in [-0.4, -0.2) is 52.6 Å². The van der Waals surface area contributed by atoms with Crippen LogP contribution < -0.4 is 5.32 Å². The van der Waals surface area contributed by atoms with E-state index in [0.717, 1.165) is 44.2 Å². The number of amides is 1. The average Bonchev–Trinajstić information content (AvgIpc) is 3.40. The Morgan fingerprint density at radius 1 is 1.33 bits per heavy atom. The zero-order chi connectivity index (χ0) is 18.9. The van der Waals surface area contributed by atoms with Gasteiger partial charge in [0.15, 0.2) is 6.10 Å². The van der Waals surface area contributed by atoms with Crippen LogP contribution in [0.3, 0.4) is 0 Å². The van der Waals surface area contributed by atoms with Gasteiger partial charge in [0.1, 0.15) is 11.4 Å². The van der Waals surface area contributed by atoms with Gasteiger partial charge in [-0.3, -0.25) is 4.79 Å². The maximum atomic E-state index is 12.7. The Morgan fingerprint density at radius 2 is 2.07 bits per heavy atom. The summed E-state index contributed by atoms with van der Waals surface area (Å²) in [5, 5.41) is 3.10. The summed E-state index contributed by atoms with van der Waals surface area (Å²) in [6.45, 7) is 9.14. The third kappa shape index (κ3) is 4.06. The van der Waals surface area contributed by atoms with Gasteiger partial charge in [-0.05, 0) is 37.5 Å². The summed E-state index contributed by atoms with van der Waals surface area (Å²) in [6, 6.07) is 0. The van der Waals surface area contributed by atoms with Crippen LogP contribution in [0.25, 0.3) is 0 Å². The van der Waals surface area contributed by atoms with E-state index in [1.807, 2.05) is 12.4 Å². The van der Waals surface area contributed by atoms with Crippen molar-refractivity contribution in [3.05, 3.63) is 18.2 Å². The van der Waals surface area contributed by atoms with Gasteiger partial charge in [-0.25, -0.2) is 4.98 Å². The zero-order valence-electron chi connectivity index (χ0n) is 16.8. The highest BCUT2D eigenvalue weighted by atomic mass is 16.5. The van der Waals surface area contributed by atoms with Crippen LogP contribution in [0.2, 0.25) is 0 Å². The van der Waals surface area contributed by atoms with Gasteiger partial charge < -0.3 is 19.5 Å². The molecule has 6 nitrogen and oxygen atoms in total. The van der Waals surface area contributed by atoms with E-state index in [1.165, 1.54) is 32.2 Å². The Hall–Kier alpha value is -1.40. The molecule has 150 valence electrons. The predicted molar refractivity (Wildman–Crippen MR) is 104 cm³/mol. The number of imidazole rings is 1. The molecule has 1 aromatic rings. The van der Waals surface area contributed by atoms with Crippen LogP contribution in [0.4, 0.5) is 0 Å². The number of aromatic nitrogens is 2. The van der Waals surface area contributed by atoms with Crippen molar-refractivity contribution in [2.24, 2.45) is 11.8 Å². The molecule has 1 amide bonds. The molecule has 0 aromatic carbocycles. The second-order valence-corrected chi connectivity index (χ2v) is 8.68. The minimum Gasteiger partial charge on any atom is -0.354 e. The van der Waals surface area contributed by atoms with Gasteiger partial charge in [0.2, 0.25) is 0 Å². The first-order valence-corrected chi connectivity index (χ1v) is 10.8. The Balaban J connectivity index is 1.42. The van der Waals surface area contributed by atoms with E-state index >= 15 is 0 Å². The molecule has 1 aromatic heterocycles. The van der Waals surface area contributed by atoms with Crippen LogP contribution >= 0.6 is 0 Å². The molecule has 1 spiro atoms. The van der Waals surface area contributed by atoms with Crippen molar-refractivity contribution in [2.45, 2.75) is 70.6 Å². The highest BCUT2D eigenvalue weighted by molar-refractivity contribution is 5.81. The standard InChI is InChI=1S/C21H34N4O2/c1-3-16(4-2)14-24-10-7-21(8-11-24)20-22-9-12-25(20)15-18(27-21)19(26)23-13-17-5-6-17/h9,12,16-18H,3-8,10-11,13-15H2,1-2H3,(H,23,26)/t18-/m1/s1. The number of ether oxygens (including phenoxy) is 1. The molecule has 0 unspecified atom stereocenters. The normalized spacial score (nSPS) is 24.9. The molecular weight excluding hydrogens is 340 g/mol. The molecule has 27 heavy (non-hydrogen) atoms. The van der Waals surface area contributed by atoms with Crippen molar-refractivity contribution in [1.29, 1.82) is 0 Å². The summed E-state index contributed by atoms with van der Waals surface area (Å²) in [6.07, 6.45) is 10.2. The van der Waals surface area contributed by atoms with Gasteiger partial charge in [0.05, 0.1) is 6.54 Å². The van der Waals surface area contributed by atoms with Crippen molar-refractivity contribution in [2.75, 3.05) is 26.2 Å². The number of hydrogen-bond donors (Lipinski definition) is 1. The van der Waals surface area contributed by atoms with Crippen LogP contribution in [-0.2, 0) is 21.7 Å². The van der Waals surface area contributed by atoms with Crippen LogP contribution in [0.15, 0.2) is 12.4 Å². The summed E-state index contributed by atoms with van der Waals surface area (Å²) in [5.74, 6) is 2.51. The molecule has 3 aliphatic rings. The minimum absolute atomic E-state index is 0.0417. The summed E-state index contributed by atoms with van der Waals surface area (Å²) >= 11 is 0. The Bertz CT molecular complexity index is 642. The topological polar surface area (TPSA) is 59.4 Å². The smallest absolute Gasteiger partial charge is 0.251 e. The lowest BCUT2D eigenvalue weighted by Crippen LogP contribution is -2.54. The van der Waals surface area contributed by atoms with E-state index in [-0.39, 0.29) is 5.91 Å². The first-order valence-electron chi connectivity index (χ1n) is 10.8. The molecule has 3 heterocycles. The maximum Gasteiger partial charge on any atom is 0.251 e. The van der Waals surface area contributed by atoms with Crippen LogP contribution in [0.5, 0.6) is 0 Å². The molecule has 1 saturated heterocycles. The maximum absolute atomic E-state index is 12.7. The number of hydrogen-bond acceptors (Lipinski definition) is 4. The number of nitrogens with zero attached hydrogens (tertiary/aromatic N) is 3. The van der Waals surface area contributed by atoms with E-state index in [4.69, 9.17) is 4.74 Å². The van der Waals surface area contributed by atoms with Gasteiger partial charge in [0.25, 0.3) is 5.91 Å². The van der Waals surface area contributed by atoms with Crippen molar-refractivity contribution in [3.8, 4) is 0 Å². The third-order valence-electron chi connectivity index (χ3n) is 6.74. The van der Waals surface area contributed by atoms with Gasteiger partial charge in [-0.2, -0.15) is 0 Å². The van der Waals surface area contributed by atoms with Gasteiger partial charge in [-0.15, -0.1) is 0 Å². The molecular formula is C21H34N4O2.